The molecule has 100 valence electrons. The van der Waals surface area contributed by atoms with Gasteiger partial charge in [0.2, 0.25) is 0 Å². The highest BCUT2D eigenvalue weighted by Gasteiger charge is 2.03. The average Bonchev–Trinajstić information content (AvgIpc) is 2.36. The summed E-state index contributed by atoms with van der Waals surface area (Å²) >= 11 is 0. The van der Waals surface area contributed by atoms with Crippen molar-refractivity contribution in [3.05, 3.63) is 48.0 Å². The summed E-state index contributed by atoms with van der Waals surface area (Å²) in [6, 6.07) is 7.13. The largest absolute Gasteiger partial charge is 0.481 e. The van der Waals surface area contributed by atoms with Crippen LogP contribution in [-0.2, 0) is 14.3 Å². The first kappa shape index (κ1) is 14.7. The van der Waals surface area contributed by atoms with E-state index in [1.165, 1.54) is 6.08 Å². The Morgan fingerprint density at radius 1 is 1.32 bits per heavy atom. The molecule has 0 aliphatic heterocycles. The number of carboxylic acids is 1. The summed E-state index contributed by atoms with van der Waals surface area (Å²) in [5, 5.41) is 8.67. The predicted molar refractivity (Wildman–Crippen MR) is 73.4 cm³/mol. The molecular weight excluding hydrogens is 244 g/mol. The van der Waals surface area contributed by atoms with Crippen molar-refractivity contribution < 1.29 is 19.4 Å². The molecule has 0 fully saturated rings. The zero-order valence-electron chi connectivity index (χ0n) is 10.8. The molecule has 0 saturated carbocycles. The molecule has 0 heterocycles. The molecule has 4 nitrogen and oxygen atoms in total. The van der Waals surface area contributed by atoms with Crippen LogP contribution in [-0.4, -0.2) is 23.7 Å². The van der Waals surface area contributed by atoms with Crippen LogP contribution in [0.3, 0.4) is 0 Å². The summed E-state index contributed by atoms with van der Waals surface area (Å²) in [4.78, 5) is 21.7. The van der Waals surface area contributed by atoms with Gasteiger partial charge in [-0.25, -0.2) is 4.79 Å². The normalized spacial score (nSPS) is 10.4. The van der Waals surface area contributed by atoms with Gasteiger partial charge in [0, 0.05) is 6.08 Å². The lowest BCUT2D eigenvalue weighted by molar-refractivity contribution is -0.137. The standard InChI is InChI=1S/C15H16O4/c1-3-19-15(18)9-6-12-4-7-13(8-5-12)11(2)10-14(16)17/h4-9H,2-3,10H2,1H3,(H,16,17)/b9-6+. The maximum absolute atomic E-state index is 11.1. The first-order chi connectivity index (χ1) is 9.02. The van der Waals surface area contributed by atoms with Crippen LogP contribution >= 0.6 is 0 Å². The highest BCUT2D eigenvalue weighted by molar-refractivity contribution is 5.87. The first-order valence-corrected chi connectivity index (χ1v) is 5.87. The summed E-state index contributed by atoms with van der Waals surface area (Å²) < 4.78 is 4.76. The van der Waals surface area contributed by atoms with E-state index in [1.54, 1.807) is 37.3 Å². The number of esters is 1. The lowest BCUT2D eigenvalue weighted by Gasteiger charge is -2.03. The van der Waals surface area contributed by atoms with Crippen molar-refractivity contribution in [1.29, 1.82) is 0 Å². The zero-order valence-corrected chi connectivity index (χ0v) is 10.8. The maximum atomic E-state index is 11.1. The molecular formula is C15H16O4. The molecule has 1 rings (SSSR count). The van der Waals surface area contributed by atoms with Gasteiger partial charge in [-0.2, -0.15) is 0 Å². The second kappa shape index (κ2) is 7.16. The second-order valence-corrected chi connectivity index (χ2v) is 3.88. The Bertz CT molecular complexity index is 497. The third-order valence-electron chi connectivity index (χ3n) is 2.38. The Kier molecular flexibility index (Phi) is 5.54. The van der Waals surface area contributed by atoms with Crippen LogP contribution in [0.4, 0.5) is 0 Å². The van der Waals surface area contributed by atoms with Crippen LogP contribution in [0.25, 0.3) is 11.6 Å². The van der Waals surface area contributed by atoms with Gasteiger partial charge in [-0.05, 0) is 29.7 Å². The van der Waals surface area contributed by atoms with Gasteiger partial charge in [-0.1, -0.05) is 30.8 Å². The molecule has 19 heavy (non-hydrogen) atoms. The predicted octanol–water partition coefficient (Wildman–Crippen LogP) is 2.75. The molecule has 0 atom stereocenters. The second-order valence-electron chi connectivity index (χ2n) is 3.88. The molecule has 0 amide bonds. The number of carbonyl (C=O) groups excluding carboxylic acids is 1. The first-order valence-electron chi connectivity index (χ1n) is 5.87. The summed E-state index contributed by atoms with van der Waals surface area (Å²) in [5.74, 6) is -1.29. The Labute approximate surface area is 112 Å². The molecule has 1 aromatic carbocycles. The molecule has 0 aromatic heterocycles. The van der Waals surface area contributed by atoms with Gasteiger partial charge in [-0.15, -0.1) is 0 Å². The fourth-order valence-electron chi connectivity index (χ4n) is 1.47. The van der Waals surface area contributed by atoms with Crippen LogP contribution in [0.15, 0.2) is 36.9 Å². The van der Waals surface area contributed by atoms with Gasteiger partial charge < -0.3 is 9.84 Å². The Balaban J connectivity index is 2.69. The van der Waals surface area contributed by atoms with Crippen molar-refractivity contribution >= 4 is 23.6 Å². The molecule has 0 unspecified atom stereocenters. The van der Waals surface area contributed by atoms with Gasteiger partial charge >= 0.3 is 11.9 Å². The highest BCUT2D eigenvalue weighted by Crippen LogP contribution is 2.17. The topological polar surface area (TPSA) is 63.6 Å². The van der Waals surface area contributed by atoms with E-state index in [0.717, 1.165) is 11.1 Å². The maximum Gasteiger partial charge on any atom is 0.330 e. The lowest BCUT2D eigenvalue weighted by atomic mass is 10.0. The van der Waals surface area contributed by atoms with E-state index in [-0.39, 0.29) is 12.4 Å². The quantitative estimate of drug-likeness (QED) is 0.631. The molecule has 0 aliphatic rings. The molecule has 0 saturated heterocycles. The number of carbonyl (C=O) groups is 2. The molecule has 0 radical (unpaired) electrons. The van der Waals surface area contributed by atoms with Crippen LogP contribution in [0.5, 0.6) is 0 Å². The molecule has 1 N–H and O–H groups in total. The minimum atomic E-state index is -0.906. The SMILES string of the molecule is C=C(CC(=O)O)c1ccc(/C=C/C(=O)OCC)cc1. The summed E-state index contributed by atoms with van der Waals surface area (Å²) in [6.45, 7) is 5.81. The van der Waals surface area contributed by atoms with Crippen molar-refractivity contribution in [3.8, 4) is 0 Å². The fourth-order valence-corrected chi connectivity index (χ4v) is 1.47. The van der Waals surface area contributed by atoms with E-state index in [4.69, 9.17) is 9.84 Å². The van der Waals surface area contributed by atoms with Crippen LogP contribution < -0.4 is 0 Å². The zero-order chi connectivity index (χ0) is 14.3. The van der Waals surface area contributed by atoms with Crippen LogP contribution in [0.1, 0.15) is 24.5 Å². The monoisotopic (exact) mass is 260 g/mol. The minimum Gasteiger partial charge on any atom is -0.481 e. The Morgan fingerprint density at radius 3 is 2.47 bits per heavy atom. The van der Waals surface area contributed by atoms with Crippen molar-refractivity contribution in [2.45, 2.75) is 13.3 Å². The van der Waals surface area contributed by atoms with E-state index < -0.39 is 5.97 Å². The summed E-state index contributed by atoms with van der Waals surface area (Å²) in [7, 11) is 0. The van der Waals surface area contributed by atoms with Gasteiger partial charge in [-0.3, -0.25) is 4.79 Å². The van der Waals surface area contributed by atoms with E-state index >= 15 is 0 Å². The number of ether oxygens (including phenoxy) is 1. The van der Waals surface area contributed by atoms with Crippen molar-refractivity contribution in [2.75, 3.05) is 6.61 Å². The van der Waals surface area contributed by atoms with Crippen LogP contribution in [0, 0.1) is 0 Å². The average molecular weight is 260 g/mol. The van der Waals surface area contributed by atoms with Gasteiger partial charge in [0.1, 0.15) is 0 Å². The fraction of sp³-hybridized carbons (Fsp3) is 0.200. The van der Waals surface area contributed by atoms with Crippen LogP contribution in [0.2, 0.25) is 0 Å². The Morgan fingerprint density at radius 2 is 1.95 bits per heavy atom. The third kappa shape index (κ3) is 5.21. The molecule has 0 aliphatic carbocycles. The number of hydrogen-bond donors (Lipinski definition) is 1. The van der Waals surface area contributed by atoms with Crippen molar-refractivity contribution in [2.24, 2.45) is 0 Å². The van der Waals surface area contributed by atoms with E-state index in [9.17, 15) is 9.59 Å². The number of rotatable bonds is 6. The van der Waals surface area contributed by atoms with Gasteiger partial charge in [0.05, 0.1) is 13.0 Å². The smallest absolute Gasteiger partial charge is 0.330 e. The number of benzene rings is 1. The van der Waals surface area contributed by atoms with E-state index in [2.05, 4.69) is 6.58 Å². The molecule has 4 heteroatoms. The minimum absolute atomic E-state index is 0.0853. The highest BCUT2D eigenvalue weighted by atomic mass is 16.5. The summed E-state index contributed by atoms with van der Waals surface area (Å²) in [6.07, 6.45) is 2.91. The number of hydrogen-bond acceptors (Lipinski definition) is 3. The lowest BCUT2D eigenvalue weighted by Crippen LogP contribution is -1.98. The van der Waals surface area contributed by atoms with Crippen molar-refractivity contribution in [3.63, 3.8) is 0 Å². The van der Waals surface area contributed by atoms with E-state index in [0.29, 0.717) is 12.2 Å². The van der Waals surface area contributed by atoms with Gasteiger partial charge in [0.15, 0.2) is 0 Å². The summed E-state index contributed by atoms with van der Waals surface area (Å²) in [5.41, 5.74) is 2.16. The number of aliphatic carboxylic acids is 1. The van der Waals surface area contributed by atoms with Crippen molar-refractivity contribution in [1.82, 2.24) is 0 Å². The molecule has 0 spiro atoms. The number of carboxylic acid groups (broad SMARTS) is 1. The molecule has 0 bridgehead atoms. The third-order valence-corrected chi connectivity index (χ3v) is 2.38. The van der Waals surface area contributed by atoms with E-state index in [1.807, 2.05) is 0 Å². The molecule has 1 aromatic rings. The Hall–Kier alpha value is -2.36. The van der Waals surface area contributed by atoms with Gasteiger partial charge in [0.25, 0.3) is 0 Å².